The summed E-state index contributed by atoms with van der Waals surface area (Å²) in [6.45, 7) is 5.49. The molecule has 0 saturated heterocycles. The Labute approximate surface area is 94.8 Å². The van der Waals surface area contributed by atoms with Crippen molar-refractivity contribution in [3.63, 3.8) is 0 Å². The molecule has 3 unspecified atom stereocenters. The number of rotatable bonds is 6. The first-order chi connectivity index (χ1) is 6.93. The van der Waals surface area contributed by atoms with E-state index in [4.69, 9.17) is 5.11 Å². The Balaban J connectivity index is 4.42. The molecule has 4 nitrogen and oxygen atoms in total. The predicted octanol–water partition coefficient (Wildman–Crippen LogP) is 1.35. The van der Waals surface area contributed by atoms with Gasteiger partial charge < -0.3 is 10.4 Å². The molecule has 15 heavy (non-hydrogen) atoms. The van der Waals surface area contributed by atoms with E-state index in [9.17, 15) is 9.59 Å². The number of aliphatic carboxylic acids is 1. The van der Waals surface area contributed by atoms with E-state index in [1.807, 2.05) is 20.1 Å². The second-order valence-electron chi connectivity index (χ2n) is 3.59. The molecule has 0 saturated carbocycles. The van der Waals surface area contributed by atoms with Gasteiger partial charge in [0.05, 0.1) is 5.25 Å². The molecule has 0 bridgehead atoms. The first-order valence-corrected chi connectivity index (χ1v) is 6.28. The number of carbonyl (C=O) groups excluding carboxylic acids is 1. The van der Waals surface area contributed by atoms with Gasteiger partial charge >= 0.3 is 5.97 Å². The summed E-state index contributed by atoms with van der Waals surface area (Å²) in [6.07, 6.45) is 2.55. The molecule has 0 radical (unpaired) electrons. The number of hydrogen-bond acceptors (Lipinski definition) is 3. The van der Waals surface area contributed by atoms with Gasteiger partial charge in [0.1, 0.15) is 6.04 Å². The summed E-state index contributed by atoms with van der Waals surface area (Å²) in [5, 5.41) is 11.3. The molecule has 0 aromatic rings. The minimum atomic E-state index is -0.967. The Morgan fingerprint density at radius 3 is 2.27 bits per heavy atom. The highest BCUT2D eigenvalue weighted by molar-refractivity contribution is 7.99. The summed E-state index contributed by atoms with van der Waals surface area (Å²) < 4.78 is 0. The van der Waals surface area contributed by atoms with Gasteiger partial charge in [-0.15, -0.1) is 0 Å². The molecular weight excluding hydrogens is 214 g/mol. The molecule has 88 valence electrons. The molecule has 3 atom stereocenters. The van der Waals surface area contributed by atoms with Crippen molar-refractivity contribution in [3.05, 3.63) is 0 Å². The molecule has 0 aromatic heterocycles. The normalized spacial score (nSPS) is 16.5. The van der Waals surface area contributed by atoms with Crippen LogP contribution in [-0.4, -0.2) is 34.5 Å². The van der Waals surface area contributed by atoms with Gasteiger partial charge in [-0.05, 0) is 19.1 Å². The van der Waals surface area contributed by atoms with Crippen LogP contribution in [0.1, 0.15) is 27.2 Å². The lowest BCUT2D eigenvalue weighted by Gasteiger charge is -2.21. The van der Waals surface area contributed by atoms with Crippen molar-refractivity contribution < 1.29 is 14.7 Å². The summed E-state index contributed by atoms with van der Waals surface area (Å²) in [5.74, 6) is -1.23. The average Bonchev–Trinajstić information content (AvgIpc) is 2.22. The number of amides is 1. The van der Waals surface area contributed by atoms with Crippen molar-refractivity contribution in [1.29, 1.82) is 0 Å². The zero-order valence-corrected chi connectivity index (χ0v) is 10.4. The second kappa shape index (κ2) is 6.71. The SMILES string of the molecule is CCC(C)C(NC(=O)C(C)SC)C(=O)O. The number of carboxylic acids is 1. The fourth-order valence-electron chi connectivity index (χ4n) is 1.06. The van der Waals surface area contributed by atoms with Gasteiger partial charge in [-0.25, -0.2) is 4.79 Å². The third-order valence-electron chi connectivity index (χ3n) is 2.50. The summed E-state index contributed by atoms with van der Waals surface area (Å²) in [5.41, 5.74) is 0. The molecule has 5 heteroatoms. The molecular formula is C10H19NO3S. The standard InChI is InChI=1S/C10H19NO3S/c1-5-6(2)8(10(13)14)11-9(12)7(3)15-4/h6-8H,5H2,1-4H3,(H,11,12)(H,13,14). The van der Waals surface area contributed by atoms with Gasteiger partial charge in [-0.1, -0.05) is 20.3 Å². The van der Waals surface area contributed by atoms with Gasteiger partial charge in [-0.2, -0.15) is 11.8 Å². The van der Waals surface area contributed by atoms with Gasteiger partial charge in [-0.3, -0.25) is 4.79 Å². The first kappa shape index (κ1) is 14.3. The van der Waals surface area contributed by atoms with Crippen LogP contribution in [0, 0.1) is 5.92 Å². The van der Waals surface area contributed by atoms with E-state index in [2.05, 4.69) is 5.32 Å². The van der Waals surface area contributed by atoms with E-state index in [0.717, 1.165) is 6.42 Å². The number of carboxylic acid groups (broad SMARTS) is 1. The van der Waals surface area contributed by atoms with Crippen LogP contribution >= 0.6 is 11.8 Å². The predicted molar refractivity (Wildman–Crippen MR) is 62.0 cm³/mol. The smallest absolute Gasteiger partial charge is 0.326 e. The van der Waals surface area contributed by atoms with Crippen molar-refractivity contribution >= 4 is 23.6 Å². The Morgan fingerprint density at radius 2 is 1.93 bits per heavy atom. The molecule has 0 aliphatic heterocycles. The highest BCUT2D eigenvalue weighted by atomic mass is 32.2. The molecule has 0 aliphatic carbocycles. The second-order valence-corrected chi connectivity index (χ2v) is 4.77. The highest BCUT2D eigenvalue weighted by Gasteiger charge is 2.26. The molecule has 2 N–H and O–H groups in total. The lowest BCUT2D eigenvalue weighted by atomic mass is 9.99. The van der Waals surface area contributed by atoms with Crippen LogP contribution in [0.4, 0.5) is 0 Å². The summed E-state index contributed by atoms with van der Waals surface area (Å²) in [4.78, 5) is 22.4. The van der Waals surface area contributed by atoms with Crippen molar-refractivity contribution in [2.24, 2.45) is 5.92 Å². The Bertz CT molecular complexity index is 233. The van der Waals surface area contributed by atoms with Crippen LogP contribution in [0.2, 0.25) is 0 Å². The summed E-state index contributed by atoms with van der Waals surface area (Å²) >= 11 is 1.40. The third kappa shape index (κ3) is 4.55. The van der Waals surface area contributed by atoms with E-state index in [0.29, 0.717) is 0 Å². The third-order valence-corrected chi connectivity index (χ3v) is 3.42. The van der Waals surface area contributed by atoms with E-state index < -0.39 is 12.0 Å². The molecule has 0 aliphatic rings. The van der Waals surface area contributed by atoms with Crippen molar-refractivity contribution in [1.82, 2.24) is 5.32 Å². The van der Waals surface area contributed by atoms with Gasteiger partial charge in [0, 0.05) is 0 Å². The molecule has 0 aromatic carbocycles. The number of thioether (sulfide) groups is 1. The van der Waals surface area contributed by atoms with Gasteiger partial charge in [0.15, 0.2) is 0 Å². The lowest BCUT2D eigenvalue weighted by Crippen LogP contribution is -2.47. The Hall–Kier alpha value is -0.710. The maximum absolute atomic E-state index is 11.5. The Morgan fingerprint density at radius 1 is 1.40 bits per heavy atom. The summed E-state index contributed by atoms with van der Waals surface area (Å²) in [6, 6.07) is -0.780. The first-order valence-electron chi connectivity index (χ1n) is 5.00. The van der Waals surface area contributed by atoms with Crippen LogP contribution in [0.5, 0.6) is 0 Å². The molecule has 0 fully saturated rings. The van der Waals surface area contributed by atoms with Crippen LogP contribution < -0.4 is 5.32 Å². The molecule has 1 amide bonds. The van der Waals surface area contributed by atoms with Gasteiger partial charge in [0.2, 0.25) is 5.91 Å². The fourth-order valence-corrected chi connectivity index (χ4v) is 1.34. The zero-order valence-electron chi connectivity index (χ0n) is 9.61. The zero-order chi connectivity index (χ0) is 12.0. The van der Waals surface area contributed by atoms with E-state index in [1.165, 1.54) is 11.8 Å². The lowest BCUT2D eigenvalue weighted by molar-refractivity contribution is -0.143. The number of nitrogens with one attached hydrogen (secondary N) is 1. The van der Waals surface area contributed by atoms with E-state index >= 15 is 0 Å². The van der Waals surface area contributed by atoms with E-state index in [1.54, 1.807) is 6.92 Å². The van der Waals surface area contributed by atoms with Crippen LogP contribution in [0.15, 0.2) is 0 Å². The summed E-state index contributed by atoms with van der Waals surface area (Å²) in [7, 11) is 0. The number of hydrogen-bond donors (Lipinski definition) is 2. The largest absolute Gasteiger partial charge is 0.480 e. The van der Waals surface area contributed by atoms with Crippen molar-refractivity contribution in [3.8, 4) is 0 Å². The molecule has 0 rings (SSSR count). The minimum Gasteiger partial charge on any atom is -0.480 e. The maximum Gasteiger partial charge on any atom is 0.326 e. The van der Waals surface area contributed by atoms with Gasteiger partial charge in [0.25, 0.3) is 0 Å². The maximum atomic E-state index is 11.5. The minimum absolute atomic E-state index is 0.0551. The van der Waals surface area contributed by atoms with Crippen LogP contribution in [0.25, 0.3) is 0 Å². The van der Waals surface area contributed by atoms with E-state index in [-0.39, 0.29) is 17.1 Å². The van der Waals surface area contributed by atoms with Crippen molar-refractivity contribution in [2.75, 3.05) is 6.26 Å². The Kier molecular flexibility index (Phi) is 6.40. The fraction of sp³-hybridized carbons (Fsp3) is 0.800. The van der Waals surface area contributed by atoms with Crippen molar-refractivity contribution in [2.45, 2.75) is 38.5 Å². The quantitative estimate of drug-likeness (QED) is 0.727. The van der Waals surface area contributed by atoms with Crippen LogP contribution in [-0.2, 0) is 9.59 Å². The molecule has 0 spiro atoms. The topological polar surface area (TPSA) is 66.4 Å². The average molecular weight is 233 g/mol. The monoisotopic (exact) mass is 233 g/mol. The highest BCUT2D eigenvalue weighted by Crippen LogP contribution is 2.10. The molecule has 0 heterocycles. The number of carbonyl (C=O) groups is 2. The van der Waals surface area contributed by atoms with Crippen LogP contribution in [0.3, 0.4) is 0 Å².